The van der Waals surface area contributed by atoms with Crippen molar-refractivity contribution in [2.45, 2.75) is 27.3 Å². The molecule has 1 amide bonds. The van der Waals surface area contributed by atoms with Crippen molar-refractivity contribution in [1.82, 2.24) is 14.7 Å². The summed E-state index contributed by atoms with van der Waals surface area (Å²) in [5.41, 5.74) is 0.531. The maximum absolute atomic E-state index is 12.3. The molecule has 0 spiro atoms. The van der Waals surface area contributed by atoms with E-state index in [1.165, 1.54) is 0 Å². The number of amides is 1. The molecule has 1 aromatic rings. The SMILES string of the molecule is CC(C)Cn1cc(C(=O)N2C[C@@H](C)[C@H](C(=O)O)C2)cn1. The second-order valence-electron chi connectivity index (χ2n) is 5.98. The number of aromatic nitrogens is 2. The standard InChI is InChI=1S/C14H21N3O3/c1-9(2)5-17-7-11(4-15-17)13(18)16-6-10(3)12(8-16)14(19)20/h4,7,9-10,12H,5-6,8H2,1-3H3,(H,19,20)/t10-,12-/m1/s1. The van der Waals surface area contributed by atoms with Crippen molar-refractivity contribution in [3.05, 3.63) is 18.0 Å². The number of nitrogens with zero attached hydrogens (tertiary/aromatic N) is 3. The summed E-state index contributed by atoms with van der Waals surface area (Å²) >= 11 is 0. The number of carbonyl (C=O) groups excluding carboxylic acids is 1. The molecule has 1 fully saturated rings. The predicted octanol–water partition coefficient (Wildman–Crippen LogP) is 1.33. The normalized spacial score (nSPS) is 22.5. The number of hydrogen-bond donors (Lipinski definition) is 1. The highest BCUT2D eigenvalue weighted by molar-refractivity contribution is 5.94. The topological polar surface area (TPSA) is 75.4 Å². The van der Waals surface area contributed by atoms with Crippen molar-refractivity contribution >= 4 is 11.9 Å². The molecule has 2 heterocycles. The van der Waals surface area contributed by atoms with Crippen LogP contribution in [0.5, 0.6) is 0 Å². The minimum atomic E-state index is -0.830. The number of hydrogen-bond acceptors (Lipinski definition) is 3. The van der Waals surface area contributed by atoms with Crippen LogP contribution in [0, 0.1) is 17.8 Å². The number of carboxylic acids is 1. The molecule has 1 aromatic heterocycles. The Balaban J connectivity index is 2.05. The van der Waals surface area contributed by atoms with Crippen LogP contribution in [0.3, 0.4) is 0 Å². The molecule has 0 aliphatic carbocycles. The van der Waals surface area contributed by atoms with Crippen LogP contribution in [0.1, 0.15) is 31.1 Å². The van der Waals surface area contributed by atoms with Gasteiger partial charge in [0.15, 0.2) is 0 Å². The number of carbonyl (C=O) groups is 2. The Kier molecular flexibility index (Phi) is 4.11. The van der Waals surface area contributed by atoms with Gasteiger partial charge in [0, 0.05) is 25.8 Å². The van der Waals surface area contributed by atoms with Gasteiger partial charge in [-0.3, -0.25) is 14.3 Å². The summed E-state index contributed by atoms with van der Waals surface area (Å²) in [6.45, 7) is 7.58. The van der Waals surface area contributed by atoms with E-state index in [9.17, 15) is 9.59 Å². The molecule has 0 bridgehead atoms. The third kappa shape index (κ3) is 3.00. The maximum atomic E-state index is 12.3. The second-order valence-corrected chi connectivity index (χ2v) is 5.98. The van der Waals surface area contributed by atoms with E-state index in [1.807, 2.05) is 6.92 Å². The first-order chi connectivity index (χ1) is 9.38. The van der Waals surface area contributed by atoms with Crippen LogP contribution in [-0.2, 0) is 11.3 Å². The van der Waals surface area contributed by atoms with E-state index in [4.69, 9.17) is 5.11 Å². The first-order valence-electron chi connectivity index (χ1n) is 6.93. The van der Waals surface area contributed by atoms with Crippen LogP contribution in [-0.4, -0.2) is 44.8 Å². The lowest BCUT2D eigenvalue weighted by Crippen LogP contribution is -2.29. The van der Waals surface area contributed by atoms with E-state index in [2.05, 4.69) is 18.9 Å². The molecule has 2 atom stereocenters. The molecule has 1 aliphatic rings. The van der Waals surface area contributed by atoms with Gasteiger partial charge >= 0.3 is 5.97 Å². The zero-order valence-electron chi connectivity index (χ0n) is 12.1. The van der Waals surface area contributed by atoms with Gasteiger partial charge in [-0.05, 0) is 11.8 Å². The zero-order valence-corrected chi connectivity index (χ0v) is 12.1. The highest BCUT2D eigenvalue weighted by Gasteiger charge is 2.37. The fraction of sp³-hybridized carbons (Fsp3) is 0.643. The third-order valence-electron chi connectivity index (χ3n) is 3.65. The maximum Gasteiger partial charge on any atom is 0.308 e. The van der Waals surface area contributed by atoms with Crippen molar-refractivity contribution < 1.29 is 14.7 Å². The van der Waals surface area contributed by atoms with Crippen LogP contribution in [0.15, 0.2) is 12.4 Å². The third-order valence-corrected chi connectivity index (χ3v) is 3.65. The average molecular weight is 279 g/mol. The Bertz CT molecular complexity index is 510. The summed E-state index contributed by atoms with van der Waals surface area (Å²) < 4.78 is 1.76. The first kappa shape index (κ1) is 14.6. The van der Waals surface area contributed by atoms with Gasteiger partial charge in [0.25, 0.3) is 5.91 Å². The van der Waals surface area contributed by atoms with Gasteiger partial charge in [0.2, 0.25) is 0 Å². The molecule has 0 unspecified atom stereocenters. The first-order valence-corrected chi connectivity index (χ1v) is 6.93. The van der Waals surface area contributed by atoms with Gasteiger partial charge in [-0.15, -0.1) is 0 Å². The lowest BCUT2D eigenvalue weighted by Gasteiger charge is -2.14. The van der Waals surface area contributed by atoms with Crippen molar-refractivity contribution in [2.24, 2.45) is 17.8 Å². The van der Waals surface area contributed by atoms with Gasteiger partial charge in [0.1, 0.15) is 0 Å². The molecule has 1 saturated heterocycles. The fourth-order valence-electron chi connectivity index (χ4n) is 2.58. The molecule has 0 saturated carbocycles. The predicted molar refractivity (Wildman–Crippen MR) is 73.3 cm³/mol. The monoisotopic (exact) mass is 279 g/mol. The number of likely N-dealkylation sites (tertiary alicyclic amines) is 1. The minimum Gasteiger partial charge on any atom is -0.481 e. The van der Waals surface area contributed by atoms with Gasteiger partial charge in [-0.25, -0.2) is 0 Å². The van der Waals surface area contributed by atoms with E-state index < -0.39 is 11.9 Å². The van der Waals surface area contributed by atoms with Crippen LogP contribution in [0.2, 0.25) is 0 Å². The number of rotatable bonds is 4. The molecule has 1 aliphatic heterocycles. The summed E-state index contributed by atoms with van der Waals surface area (Å²) in [7, 11) is 0. The number of carboxylic acid groups (broad SMARTS) is 1. The summed E-state index contributed by atoms with van der Waals surface area (Å²) in [6, 6.07) is 0. The summed E-state index contributed by atoms with van der Waals surface area (Å²) in [5.74, 6) is -0.980. The molecular weight excluding hydrogens is 258 g/mol. The molecule has 0 aromatic carbocycles. The lowest BCUT2D eigenvalue weighted by molar-refractivity contribution is -0.142. The second kappa shape index (κ2) is 5.64. The summed E-state index contributed by atoms with van der Waals surface area (Å²) in [6.07, 6.45) is 3.30. The van der Waals surface area contributed by atoms with E-state index in [0.717, 1.165) is 6.54 Å². The molecule has 20 heavy (non-hydrogen) atoms. The number of aliphatic carboxylic acids is 1. The van der Waals surface area contributed by atoms with Gasteiger partial charge < -0.3 is 10.0 Å². The van der Waals surface area contributed by atoms with Crippen LogP contribution < -0.4 is 0 Å². The Morgan fingerprint density at radius 2 is 2.15 bits per heavy atom. The average Bonchev–Trinajstić information content (AvgIpc) is 2.94. The molecule has 110 valence electrons. The molecule has 2 rings (SSSR count). The van der Waals surface area contributed by atoms with Crippen molar-refractivity contribution in [2.75, 3.05) is 13.1 Å². The van der Waals surface area contributed by atoms with E-state index in [0.29, 0.717) is 18.0 Å². The minimum absolute atomic E-state index is 0.0119. The largest absolute Gasteiger partial charge is 0.481 e. The smallest absolute Gasteiger partial charge is 0.308 e. The van der Waals surface area contributed by atoms with E-state index >= 15 is 0 Å². The zero-order chi connectivity index (χ0) is 14.9. The molecule has 6 heteroatoms. The Labute approximate surface area is 118 Å². The molecule has 1 N–H and O–H groups in total. The highest BCUT2D eigenvalue weighted by Crippen LogP contribution is 2.24. The van der Waals surface area contributed by atoms with Crippen LogP contribution in [0.4, 0.5) is 0 Å². The van der Waals surface area contributed by atoms with E-state index in [-0.39, 0.29) is 18.4 Å². The molecular formula is C14H21N3O3. The van der Waals surface area contributed by atoms with Crippen molar-refractivity contribution in [3.63, 3.8) is 0 Å². The van der Waals surface area contributed by atoms with Gasteiger partial charge in [-0.1, -0.05) is 20.8 Å². The van der Waals surface area contributed by atoms with Crippen LogP contribution in [0.25, 0.3) is 0 Å². The van der Waals surface area contributed by atoms with Gasteiger partial charge in [-0.2, -0.15) is 5.10 Å². The van der Waals surface area contributed by atoms with Crippen molar-refractivity contribution in [1.29, 1.82) is 0 Å². The quantitative estimate of drug-likeness (QED) is 0.902. The highest BCUT2D eigenvalue weighted by atomic mass is 16.4. The lowest BCUT2D eigenvalue weighted by atomic mass is 9.99. The van der Waals surface area contributed by atoms with Crippen molar-refractivity contribution in [3.8, 4) is 0 Å². The van der Waals surface area contributed by atoms with E-state index in [1.54, 1.807) is 22.0 Å². The summed E-state index contributed by atoms with van der Waals surface area (Å²) in [5, 5.41) is 13.3. The Morgan fingerprint density at radius 3 is 2.70 bits per heavy atom. The fourth-order valence-corrected chi connectivity index (χ4v) is 2.58. The van der Waals surface area contributed by atoms with Gasteiger partial charge in [0.05, 0.1) is 17.7 Å². The Hall–Kier alpha value is -1.85. The molecule has 0 radical (unpaired) electrons. The molecule has 6 nitrogen and oxygen atoms in total. The summed E-state index contributed by atoms with van der Waals surface area (Å²) in [4.78, 5) is 25.0. The Morgan fingerprint density at radius 1 is 1.45 bits per heavy atom. The van der Waals surface area contributed by atoms with Crippen LogP contribution >= 0.6 is 0 Å².